The van der Waals surface area contributed by atoms with E-state index in [-0.39, 0.29) is 17.1 Å². The van der Waals surface area contributed by atoms with Crippen LogP contribution in [-0.4, -0.2) is 29.9 Å². The van der Waals surface area contributed by atoms with E-state index in [9.17, 15) is 14.4 Å². The first-order valence-electron chi connectivity index (χ1n) is 7.73. The quantitative estimate of drug-likeness (QED) is 0.395. The topological polar surface area (TPSA) is 123 Å². The first-order valence-corrected chi connectivity index (χ1v) is 8.61. The zero-order valence-corrected chi connectivity index (χ0v) is 15.6. The number of rotatable bonds is 6. The van der Waals surface area contributed by atoms with Crippen LogP contribution in [0.3, 0.4) is 0 Å². The first kappa shape index (κ1) is 19.9. The summed E-state index contributed by atoms with van der Waals surface area (Å²) in [7, 11) is 1.19. The minimum absolute atomic E-state index is 0.0582. The van der Waals surface area contributed by atoms with E-state index in [1.165, 1.54) is 24.5 Å². The summed E-state index contributed by atoms with van der Waals surface area (Å²) in [5.74, 6) is -2.04. The van der Waals surface area contributed by atoms with Gasteiger partial charge in [0.05, 0.1) is 12.8 Å². The maximum Gasteiger partial charge on any atom is 0.354 e. The Kier molecular flexibility index (Phi) is 6.45. The number of nitrogens with zero attached hydrogens (tertiary/aromatic N) is 1. The molecule has 0 unspecified atom stereocenters. The van der Waals surface area contributed by atoms with Gasteiger partial charge in [-0.25, -0.2) is 9.78 Å². The molecule has 0 spiro atoms. The molecule has 0 aliphatic rings. The summed E-state index contributed by atoms with van der Waals surface area (Å²) in [6.07, 6.45) is 1.37. The number of ether oxygens (including phenoxy) is 1. The van der Waals surface area contributed by atoms with Crippen LogP contribution in [0.2, 0.25) is 0 Å². The molecule has 0 bridgehead atoms. The van der Waals surface area contributed by atoms with Crippen molar-refractivity contribution in [3.8, 4) is 10.6 Å². The van der Waals surface area contributed by atoms with Gasteiger partial charge in [-0.1, -0.05) is 12.7 Å². The van der Waals surface area contributed by atoms with Gasteiger partial charge < -0.3 is 21.1 Å². The number of esters is 1. The monoisotopic (exact) mass is 386 g/mol. The van der Waals surface area contributed by atoms with Crippen molar-refractivity contribution in [2.75, 3.05) is 12.8 Å². The summed E-state index contributed by atoms with van der Waals surface area (Å²) in [6, 6.07) is 7.08. The predicted molar refractivity (Wildman–Crippen MR) is 102 cm³/mol. The summed E-state index contributed by atoms with van der Waals surface area (Å²) < 4.78 is 4.53. The van der Waals surface area contributed by atoms with E-state index in [1.807, 2.05) is 0 Å². The molecule has 9 heteroatoms. The predicted octanol–water partition coefficient (Wildman–Crippen LogP) is 1.83. The highest BCUT2D eigenvalue weighted by atomic mass is 32.1. The third-order valence-electron chi connectivity index (χ3n) is 3.38. The van der Waals surface area contributed by atoms with Gasteiger partial charge in [-0.05, 0) is 31.2 Å². The third-order valence-corrected chi connectivity index (χ3v) is 4.27. The van der Waals surface area contributed by atoms with Crippen LogP contribution in [0, 0.1) is 0 Å². The normalized spacial score (nSPS) is 10.8. The number of thiazole rings is 1. The first-order chi connectivity index (χ1) is 12.8. The van der Waals surface area contributed by atoms with Crippen LogP contribution < -0.4 is 16.4 Å². The van der Waals surface area contributed by atoms with Crippen molar-refractivity contribution in [2.24, 2.45) is 0 Å². The lowest BCUT2D eigenvalue weighted by molar-refractivity contribution is -0.137. The molecule has 0 aliphatic heterocycles. The summed E-state index contributed by atoms with van der Waals surface area (Å²) in [5, 5.41) is 6.87. The SMILES string of the molecule is C=C(NC(=O)c1csc(-c2ccc(N)cc2)n1)C(=O)N/C(=C/C)C(=O)OC. The van der Waals surface area contributed by atoms with E-state index in [1.54, 1.807) is 36.6 Å². The van der Waals surface area contributed by atoms with Gasteiger partial charge in [-0.15, -0.1) is 11.3 Å². The maximum absolute atomic E-state index is 12.3. The molecular formula is C18H18N4O4S. The molecule has 140 valence electrons. The summed E-state index contributed by atoms with van der Waals surface area (Å²) in [4.78, 5) is 40.0. The second kappa shape index (κ2) is 8.77. The standard InChI is InChI=1S/C18H18N4O4S/c1-4-13(18(25)26-3)21-15(23)10(2)20-16(24)14-9-27-17(22-14)11-5-7-12(19)8-6-11/h4-9H,2,19H2,1,3H3,(H,20,24)(H,21,23)/b13-4+. The van der Waals surface area contributed by atoms with Gasteiger partial charge in [0.1, 0.15) is 16.4 Å². The molecule has 1 heterocycles. The molecule has 0 atom stereocenters. The zero-order valence-electron chi connectivity index (χ0n) is 14.7. The number of methoxy groups -OCH3 is 1. The van der Waals surface area contributed by atoms with Crippen molar-refractivity contribution < 1.29 is 19.1 Å². The highest BCUT2D eigenvalue weighted by Gasteiger charge is 2.18. The van der Waals surface area contributed by atoms with Crippen LogP contribution in [0.25, 0.3) is 10.6 Å². The lowest BCUT2D eigenvalue weighted by atomic mass is 10.2. The van der Waals surface area contributed by atoms with Crippen molar-refractivity contribution in [3.63, 3.8) is 0 Å². The lowest BCUT2D eigenvalue weighted by Gasteiger charge is -2.09. The Morgan fingerprint density at radius 1 is 1.22 bits per heavy atom. The van der Waals surface area contributed by atoms with Crippen molar-refractivity contribution >= 4 is 34.8 Å². The molecular weight excluding hydrogens is 368 g/mol. The Morgan fingerprint density at radius 2 is 1.89 bits per heavy atom. The van der Waals surface area contributed by atoms with Crippen molar-refractivity contribution in [1.29, 1.82) is 0 Å². The van der Waals surface area contributed by atoms with Crippen LogP contribution in [0.15, 0.2) is 53.7 Å². The summed E-state index contributed by atoms with van der Waals surface area (Å²) >= 11 is 1.28. The average molecular weight is 386 g/mol. The molecule has 4 N–H and O–H groups in total. The number of hydrogen-bond acceptors (Lipinski definition) is 7. The van der Waals surface area contributed by atoms with E-state index in [0.717, 1.165) is 5.56 Å². The van der Waals surface area contributed by atoms with Gasteiger partial charge in [0.15, 0.2) is 0 Å². The zero-order chi connectivity index (χ0) is 20.0. The molecule has 2 aromatic rings. The molecule has 1 aromatic heterocycles. The van der Waals surface area contributed by atoms with Crippen LogP contribution in [0.5, 0.6) is 0 Å². The smallest absolute Gasteiger partial charge is 0.354 e. The van der Waals surface area contributed by atoms with Crippen molar-refractivity contribution in [1.82, 2.24) is 15.6 Å². The highest BCUT2D eigenvalue weighted by Crippen LogP contribution is 2.24. The van der Waals surface area contributed by atoms with Gasteiger partial charge >= 0.3 is 5.97 Å². The molecule has 8 nitrogen and oxygen atoms in total. The molecule has 0 saturated heterocycles. The Morgan fingerprint density at radius 3 is 2.48 bits per heavy atom. The fourth-order valence-electron chi connectivity index (χ4n) is 1.94. The fourth-order valence-corrected chi connectivity index (χ4v) is 2.75. The Balaban J connectivity index is 2.02. The summed E-state index contributed by atoms with van der Waals surface area (Å²) in [6.45, 7) is 5.06. The minimum Gasteiger partial charge on any atom is -0.464 e. The van der Waals surface area contributed by atoms with E-state index >= 15 is 0 Å². The molecule has 2 rings (SSSR count). The maximum atomic E-state index is 12.3. The number of carbonyl (C=O) groups is 3. The Bertz CT molecular complexity index is 916. The van der Waals surface area contributed by atoms with Crippen LogP contribution in [-0.2, 0) is 14.3 Å². The lowest BCUT2D eigenvalue weighted by Crippen LogP contribution is -2.36. The third kappa shape index (κ3) is 5.02. The number of anilines is 1. The Hall–Kier alpha value is -3.46. The van der Waals surface area contributed by atoms with Gasteiger partial charge in [0.2, 0.25) is 0 Å². The van der Waals surface area contributed by atoms with Gasteiger partial charge in [-0.3, -0.25) is 9.59 Å². The van der Waals surface area contributed by atoms with Crippen LogP contribution in [0.1, 0.15) is 17.4 Å². The van der Waals surface area contributed by atoms with E-state index < -0.39 is 17.8 Å². The second-order valence-electron chi connectivity index (χ2n) is 5.24. The fraction of sp³-hybridized carbons (Fsp3) is 0.111. The largest absolute Gasteiger partial charge is 0.464 e. The van der Waals surface area contributed by atoms with E-state index in [4.69, 9.17) is 5.73 Å². The van der Waals surface area contributed by atoms with Gasteiger partial charge in [-0.2, -0.15) is 0 Å². The molecule has 0 saturated carbocycles. The molecule has 0 fully saturated rings. The number of aromatic nitrogens is 1. The number of carbonyl (C=O) groups excluding carboxylic acids is 3. The highest BCUT2D eigenvalue weighted by molar-refractivity contribution is 7.13. The number of allylic oxidation sites excluding steroid dienone is 1. The minimum atomic E-state index is -0.740. The molecule has 2 amide bonds. The van der Waals surface area contributed by atoms with E-state index in [0.29, 0.717) is 10.7 Å². The van der Waals surface area contributed by atoms with Crippen LogP contribution in [0.4, 0.5) is 5.69 Å². The summed E-state index contributed by atoms with van der Waals surface area (Å²) in [5.41, 5.74) is 6.95. The molecule has 27 heavy (non-hydrogen) atoms. The Labute approximate surface area is 159 Å². The number of hydrogen-bond donors (Lipinski definition) is 3. The van der Waals surface area contributed by atoms with Crippen LogP contribution >= 0.6 is 11.3 Å². The molecule has 0 radical (unpaired) electrons. The number of benzene rings is 1. The van der Waals surface area contributed by atoms with Gasteiger partial charge in [0, 0.05) is 16.6 Å². The van der Waals surface area contributed by atoms with Gasteiger partial charge in [0.25, 0.3) is 11.8 Å². The average Bonchev–Trinajstić information content (AvgIpc) is 3.16. The van der Waals surface area contributed by atoms with Crippen molar-refractivity contribution in [3.05, 3.63) is 59.4 Å². The number of nitrogen functional groups attached to an aromatic ring is 1. The van der Waals surface area contributed by atoms with E-state index in [2.05, 4.69) is 26.9 Å². The second-order valence-corrected chi connectivity index (χ2v) is 6.10. The number of nitrogens with one attached hydrogen (secondary N) is 2. The molecule has 1 aromatic carbocycles. The molecule has 0 aliphatic carbocycles. The van der Waals surface area contributed by atoms with Crippen molar-refractivity contribution in [2.45, 2.75) is 6.92 Å². The number of amides is 2. The number of nitrogens with two attached hydrogens (primary N) is 1.